The van der Waals surface area contributed by atoms with Gasteiger partial charge in [-0.05, 0) is 74.9 Å². The number of aryl methyl sites for hydroxylation is 1. The van der Waals surface area contributed by atoms with Gasteiger partial charge < -0.3 is 15.0 Å². The van der Waals surface area contributed by atoms with Crippen molar-refractivity contribution >= 4 is 21.4 Å². The summed E-state index contributed by atoms with van der Waals surface area (Å²) in [5.74, 6) is -0.714. The van der Waals surface area contributed by atoms with Crippen LogP contribution >= 0.6 is 0 Å². The van der Waals surface area contributed by atoms with Gasteiger partial charge in [0.15, 0.2) is 9.84 Å². The van der Waals surface area contributed by atoms with Crippen LogP contribution in [0.5, 0.6) is 0 Å². The third-order valence-electron chi connectivity index (χ3n) is 5.01. The van der Waals surface area contributed by atoms with Crippen molar-refractivity contribution in [1.82, 2.24) is 4.57 Å². The summed E-state index contributed by atoms with van der Waals surface area (Å²) in [6.45, 7) is 5.23. The van der Waals surface area contributed by atoms with Gasteiger partial charge in [0.05, 0.1) is 16.6 Å². The lowest BCUT2D eigenvalue weighted by Gasteiger charge is -2.15. The van der Waals surface area contributed by atoms with E-state index in [1.54, 1.807) is 32.9 Å². The van der Waals surface area contributed by atoms with E-state index in [9.17, 15) is 22.7 Å². The smallest absolute Gasteiger partial charge is 0.257 e. The van der Waals surface area contributed by atoms with E-state index >= 15 is 0 Å². The molecular weight excluding hydrogens is 419 g/mol. The first kappa shape index (κ1) is 22.7. The zero-order chi connectivity index (χ0) is 22.9. The van der Waals surface area contributed by atoms with Gasteiger partial charge in [-0.2, -0.15) is 0 Å². The Morgan fingerprint density at radius 3 is 2.32 bits per heavy atom. The van der Waals surface area contributed by atoms with Gasteiger partial charge in [0, 0.05) is 35.4 Å². The predicted octanol–water partition coefficient (Wildman–Crippen LogP) is 3.81. The average Bonchev–Trinajstić information content (AvgIpc) is 2.97. The third-order valence-corrected chi connectivity index (χ3v) is 6.14. The van der Waals surface area contributed by atoms with Crippen LogP contribution in [0.4, 0.5) is 10.1 Å². The van der Waals surface area contributed by atoms with E-state index in [0.717, 1.165) is 17.6 Å². The van der Waals surface area contributed by atoms with Crippen molar-refractivity contribution in [1.29, 1.82) is 0 Å². The maximum atomic E-state index is 13.6. The zero-order valence-corrected chi connectivity index (χ0v) is 18.6. The topological polar surface area (TPSA) is 88.4 Å². The molecule has 0 unspecified atom stereocenters. The predicted molar refractivity (Wildman–Crippen MR) is 118 cm³/mol. The number of aliphatic hydroxyl groups is 1. The first-order valence-corrected chi connectivity index (χ1v) is 11.6. The highest BCUT2D eigenvalue weighted by molar-refractivity contribution is 7.90. The van der Waals surface area contributed by atoms with Gasteiger partial charge in [-0.15, -0.1) is 0 Å². The number of carbonyl (C=O) groups is 1. The number of hydrogen-bond acceptors (Lipinski definition) is 4. The van der Waals surface area contributed by atoms with Gasteiger partial charge in [0.1, 0.15) is 5.82 Å². The molecule has 3 rings (SSSR count). The molecule has 0 aliphatic carbocycles. The van der Waals surface area contributed by atoms with Crippen LogP contribution in [0.15, 0.2) is 53.4 Å². The molecule has 8 heteroatoms. The summed E-state index contributed by atoms with van der Waals surface area (Å²) in [6, 6.07) is 12.1. The molecule has 2 aromatic carbocycles. The van der Waals surface area contributed by atoms with Crippen LogP contribution in [0, 0.1) is 19.7 Å². The zero-order valence-electron chi connectivity index (χ0n) is 17.8. The molecule has 31 heavy (non-hydrogen) atoms. The summed E-state index contributed by atoms with van der Waals surface area (Å²) in [6.07, 6.45) is 0.801. The molecule has 6 nitrogen and oxygen atoms in total. The first-order valence-electron chi connectivity index (χ1n) is 9.74. The van der Waals surface area contributed by atoms with Gasteiger partial charge in [-0.25, -0.2) is 12.8 Å². The first-order chi connectivity index (χ1) is 14.5. The van der Waals surface area contributed by atoms with Crippen molar-refractivity contribution in [2.45, 2.75) is 38.2 Å². The van der Waals surface area contributed by atoms with E-state index in [1.165, 1.54) is 36.4 Å². The summed E-state index contributed by atoms with van der Waals surface area (Å²) >= 11 is 0. The number of sulfone groups is 1. The van der Waals surface area contributed by atoms with Crippen molar-refractivity contribution in [3.8, 4) is 5.69 Å². The van der Waals surface area contributed by atoms with E-state index in [1.807, 2.05) is 4.57 Å². The van der Waals surface area contributed by atoms with Gasteiger partial charge in [-0.3, -0.25) is 4.79 Å². The number of aliphatic hydroxyl groups excluding tert-OH is 1. The number of anilines is 1. The van der Waals surface area contributed by atoms with E-state index in [-0.39, 0.29) is 16.6 Å². The monoisotopic (exact) mass is 444 g/mol. The van der Waals surface area contributed by atoms with Crippen molar-refractivity contribution < 1.29 is 22.7 Å². The van der Waals surface area contributed by atoms with Crippen LogP contribution in [0.1, 0.15) is 34.2 Å². The lowest BCUT2D eigenvalue weighted by molar-refractivity contribution is 0.102. The Hall–Kier alpha value is -2.97. The molecule has 0 radical (unpaired) electrons. The van der Waals surface area contributed by atoms with Crippen LogP contribution in [-0.4, -0.2) is 36.4 Å². The second-order valence-corrected chi connectivity index (χ2v) is 9.72. The number of rotatable bonds is 6. The van der Waals surface area contributed by atoms with Gasteiger partial charge >= 0.3 is 0 Å². The fourth-order valence-electron chi connectivity index (χ4n) is 3.54. The van der Waals surface area contributed by atoms with E-state index < -0.39 is 15.9 Å². The Morgan fingerprint density at radius 1 is 1.13 bits per heavy atom. The summed E-state index contributed by atoms with van der Waals surface area (Å²) in [5, 5.41) is 12.7. The average molecular weight is 445 g/mol. The number of aromatic nitrogens is 1. The lowest BCUT2D eigenvalue weighted by atomic mass is 10.1. The molecule has 0 saturated heterocycles. The van der Waals surface area contributed by atoms with Crippen LogP contribution in [0.25, 0.3) is 5.69 Å². The number of benzene rings is 2. The van der Waals surface area contributed by atoms with E-state index in [0.29, 0.717) is 28.9 Å². The van der Waals surface area contributed by atoms with Crippen molar-refractivity contribution in [2.75, 3.05) is 11.6 Å². The molecule has 0 aliphatic heterocycles. The fourth-order valence-corrected chi connectivity index (χ4v) is 4.17. The molecule has 0 aliphatic rings. The van der Waals surface area contributed by atoms with Gasteiger partial charge in [-0.1, -0.05) is 0 Å². The molecule has 2 N–H and O–H groups in total. The quantitative estimate of drug-likeness (QED) is 0.605. The molecule has 0 fully saturated rings. The van der Waals surface area contributed by atoms with E-state index in [2.05, 4.69) is 5.32 Å². The number of halogens is 1. The lowest BCUT2D eigenvalue weighted by Crippen LogP contribution is -2.13. The number of carbonyl (C=O) groups excluding carboxylic acids is 1. The molecular formula is C23H25FN2O4S. The number of nitrogens with zero attached hydrogens (tertiary/aromatic N) is 1. The summed E-state index contributed by atoms with van der Waals surface area (Å²) in [4.78, 5) is 13.1. The Morgan fingerprint density at radius 2 is 1.77 bits per heavy atom. The summed E-state index contributed by atoms with van der Waals surface area (Å²) in [7, 11) is -3.33. The van der Waals surface area contributed by atoms with Gasteiger partial charge in [0.25, 0.3) is 5.91 Å². The standard InChI is InChI=1S/C23H25FN2O4S/c1-14-11-17(24)5-10-22(14)26-16(3)21(13-19(26)12-15(2)27)23(28)25-18-6-8-20(9-7-18)31(4,29)30/h5-11,13,15,27H,12H2,1-4H3,(H,25,28)/t15-/m0/s1. The van der Waals surface area contributed by atoms with Crippen LogP contribution in [-0.2, 0) is 16.3 Å². The normalized spacial score (nSPS) is 12.6. The number of hydrogen-bond donors (Lipinski definition) is 2. The molecule has 0 spiro atoms. The largest absolute Gasteiger partial charge is 0.393 e. The van der Waals surface area contributed by atoms with Crippen LogP contribution in [0.2, 0.25) is 0 Å². The SMILES string of the molecule is Cc1cc(F)ccc1-n1c(C[C@H](C)O)cc(C(=O)Nc2ccc(S(C)(=O)=O)cc2)c1C. The molecule has 0 bridgehead atoms. The minimum atomic E-state index is -3.33. The van der Waals surface area contributed by atoms with Crippen molar-refractivity contribution in [3.63, 3.8) is 0 Å². The third kappa shape index (κ3) is 5.03. The van der Waals surface area contributed by atoms with Crippen LogP contribution in [0.3, 0.4) is 0 Å². The van der Waals surface area contributed by atoms with Crippen LogP contribution < -0.4 is 5.32 Å². The minimum absolute atomic E-state index is 0.166. The van der Waals surface area contributed by atoms with Crippen molar-refractivity contribution in [2.24, 2.45) is 0 Å². The Labute approximate surface area is 181 Å². The number of amides is 1. The highest BCUT2D eigenvalue weighted by Gasteiger charge is 2.21. The summed E-state index contributed by atoms with van der Waals surface area (Å²) in [5.41, 5.74) is 3.67. The second kappa shape index (κ2) is 8.64. The highest BCUT2D eigenvalue weighted by Crippen LogP contribution is 2.26. The molecule has 3 aromatic rings. The maximum absolute atomic E-state index is 13.6. The molecule has 1 atom stereocenters. The summed E-state index contributed by atoms with van der Waals surface area (Å²) < 4.78 is 38.7. The van der Waals surface area contributed by atoms with Crippen molar-refractivity contribution in [3.05, 3.63) is 76.9 Å². The number of nitrogens with one attached hydrogen (secondary N) is 1. The molecule has 164 valence electrons. The molecule has 1 aromatic heterocycles. The highest BCUT2D eigenvalue weighted by atomic mass is 32.2. The second-order valence-electron chi connectivity index (χ2n) is 7.70. The molecule has 0 saturated carbocycles. The van der Waals surface area contributed by atoms with Gasteiger partial charge in [0.2, 0.25) is 0 Å². The maximum Gasteiger partial charge on any atom is 0.257 e. The molecule has 1 amide bonds. The minimum Gasteiger partial charge on any atom is -0.393 e. The Kier molecular flexibility index (Phi) is 6.33. The Bertz CT molecular complexity index is 1230. The van der Waals surface area contributed by atoms with E-state index in [4.69, 9.17) is 0 Å². The Balaban J connectivity index is 1.99. The fraction of sp³-hybridized carbons (Fsp3) is 0.261. The molecule has 1 heterocycles.